The number of benzene rings is 4. The van der Waals surface area contributed by atoms with Crippen molar-refractivity contribution in [3.63, 3.8) is 0 Å². The first-order valence-corrected chi connectivity index (χ1v) is 11.4. The number of pyridine rings is 1. The fourth-order valence-corrected chi connectivity index (χ4v) is 3.73. The van der Waals surface area contributed by atoms with Crippen molar-refractivity contribution < 1.29 is 28.3 Å². The van der Waals surface area contributed by atoms with Crippen LogP contribution in [0.5, 0.6) is 0 Å². The van der Waals surface area contributed by atoms with Crippen molar-refractivity contribution in [3.05, 3.63) is 150 Å². The minimum atomic E-state index is -2.18. The molecule has 0 unspecified atom stereocenters. The standard InChI is InChI=1S/C21H18.C13H12N.Ir/c1-21(2,19-13-7-4-8-14-19)20-15-9-12-18(16-20)17-10-5-3-6-11-17;1-10-3-6-12(7-4-10)13-8-5-11(2)9-14-13;/h3-10,13-16H,1-2H3;3-6,8-9H,1-2H3;/q-2;-1;+3/i;1D3,2D3;. The van der Waals surface area contributed by atoms with E-state index in [1.165, 1.54) is 35.5 Å². The zero-order valence-electron chi connectivity index (χ0n) is 26.2. The van der Waals surface area contributed by atoms with Crippen LogP contribution in [-0.2, 0) is 25.5 Å². The van der Waals surface area contributed by atoms with Gasteiger partial charge in [0.25, 0.3) is 0 Å². The first-order valence-electron chi connectivity index (χ1n) is 14.4. The number of aryl methyl sites for hydroxylation is 2. The largest absolute Gasteiger partial charge is 3.00 e. The number of rotatable bonds is 4. The molecule has 0 radical (unpaired) electrons. The summed E-state index contributed by atoms with van der Waals surface area (Å²) < 4.78 is 43.6. The van der Waals surface area contributed by atoms with Crippen LogP contribution in [0.15, 0.2) is 109 Å². The normalized spacial score (nSPS) is 13.7. The Labute approximate surface area is 238 Å². The predicted octanol–water partition coefficient (Wildman–Crippen LogP) is 8.44. The van der Waals surface area contributed by atoms with E-state index in [1.807, 2.05) is 24.3 Å². The average molecular weight is 651 g/mol. The van der Waals surface area contributed by atoms with Crippen molar-refractivity contribution in [2.45, 2.75) is 33.0 Å². The molecule has 0 N–H and O–H groups in total. The minimum Gasteiger partial charge on any atom is -0.304 e. The van der Waals surface area contributed by atoms with E-state index in [4.69, 9.17) is 8.22 Å². The van der Waals surface area contributed by atoms with Crippen LogP contribution in [0.1, 0.15) is 44.3 Å². The third-order valence-corrected chi connectivity index (χ3v) is 5.87. The van der Waals surface area contributed by atoms with Crippen molar-refractivity contribution in [1.82, 2.24) is 4.98 Å². The molecule has 1 heterocycles. The van der Waals surface area contributed by atoms with E-state index in [1.54, 1.807) is 12.1 Å². The second kappa shape index (κ2) is 12.6. The van der Waals surface area contributed by atoms with Crippen molar-refractivity contribution >= 4 is 0 Å². The van der Waals surface area contributed by atoms with Gasteiger partial charge in [-0.1, -0.05) is 63.2 Å². The van der Waals surface area contributed by atoms with Gasteiger partial charge < -0.3 is 4.98 Å². The van der Waals surface area contributed by atoms with Crippen molar-refractivity contribution in [1.29, 1.82) is 0 Å². The Morgan fingerprint density at radius 1 is 0.667 bits per heavy atom. The minimum absolute atomic E-state index is 0. The van der Waals surface area contributed by atoms with Crippen LogP contribution in [0.25, 0.3) is 22.4 Å². The van der Waals surface area contributed by atoms with Crippen molar-refractivity contribution in [2.75, 3.05) is 0 Å². The van der Waals surface area contributed by atoms with E-state index < -0.39 is 13.7 Å². The Bertz CT molecular complexity index is 1490. The molecule has 2 heteroatoms. The molecule has 0 aliphatic rings. The van der Waals surface area contributed by atoms with Gasteiger partial charge in [-0.25, -0.2) is 11.1 Å². The van der Waals surface area contributed by atoms with Gasteiger partial charge in [0, 0.05) is 14.4 Å². The van der Waals surface area contributed by atoms with Crippen molar-refractivity contribution in [3.8, 4) is 22.4 Å². The van der Waals surface area contributed by atoms with Gasteiger partial charge >= 0.3 is 20.1 Å². The number of aromatic nitrogens is 1. The van der Waals surface area contributed by atoms with Gasteiger partial charge in [0.15, 0.2) is 0 Å². The molecular formula is C34H30IrN. The van der Waals surface area contributed by atoms with E-state index in [0.717, 1.165) is 11.1 Å². The molecule has 0 atom stereocenters. The van der Waals surface area contributed by atoms with Gasteiger partial charge in [0.1, 0.15) is 0 Å². The zero-order valence-corrected chi connectivity index (χ0v) is 22.6. The van der Waals surface area contributed by atoms with Crippen LogP contribution in [0.4, 0.5) is 0 Å². The summed E-state index contributed by atoms with van der Waals surface area (Å²) in [5.41, 5.74) is 6.31. The summed E-state index contributed by atoms with van der Waals surface area (Å²) >= 11 is 0. The fraction of sp³-hybridized carbons (Fsp3) is 0.147. The average Bonchev–Trinajstić information content (AvgIpc) is 2.98. The molecule has 0 saturated carbocycles. The monoisotopic (exact) mass is 651 g/mol. The van der Waals surface area contributed by atoms with Gasteiger partial charge in [-0.15, -0.1) is 53.1 Å². The molecule has 4 aromatic carbocycles. The summed E-state index contributed by atoms with van der Waals surface area (Å²) in [7, 11) is 0. The van der Waals surface area contributed by atoms with Gasteiger partial charge in [0.2, 0.25) is 0 Å². The first-order chi connectivity index (χ1) is 19.4. The summed E-state index contributed by atoms with van der Waals surface area (Å²) in [4.78, 5) is 4.08. The predicted molar refractivity (Wildman–Crippen MR) is 146 cm³/mol. The Hall–Kier alpha value is -3.32. The zero-order chi connectivity index (χ0) is 29.7. The van der Waals surface area contributed by atoms with Crippen LogP contribution in [0, 0.1) is 31.9 Å². The topological polar surface area (TPSA) is 12.9 Å². The number of hydrogen-bond acceptors (Lipinski definition) is 1. The maximum absolute atomic E-state index is 7.28. The molecule has 0 spiro atoms. The molecule has 180 valence electrons. The molecule has 1 aromatic heterocycles. The third kappa shape index (κ3) is 6.88. The first kappa shape index (κ1) is 19.8. The molecule has 0 fully saturated rings. The molecule has 0 aliphatic carbocycles. The summed E-state index contributed by atoms with van der Waals surface area (Å²) in [5, 5.41) is 0. The van der Waals surface area contributed by atoms with E-state index in [0.29, 0.717) is 11.3 Å². The molecule has 1 nitrogen and oxygen atoms in total. The smallest absolute Gasteiger partial charge is 0.304 e. The summed E-state index contributed by atoms with van der Waals surface area (Å²) in [6.07, 6.45) is 1.30. The molecule has 36 heavy (non-hydrogen) atoms. The molecule has 5 rings (SSSR count). The quantitative estimate of drug-likeness (QED) is 0.178. The van der Waals surface area contributed by atoms with Crippen molar-refractivity contribution in [2.24, 2.45) is 0 Å². The van der Waals surface area contributed by atoms with Crippen LogP contribution >= 0.6 is 0 Å². The summed E-state index contributed by atoms with van der Waals surface area (Å²) in [5.74, 6) is 0. The molecule has 0 amide bonds. The molecule has 0 bridgehead atoms. The van der Waals surface area contributed by atoms with Gasteiger partial charge in [-0.05, 0) is 29.1 Å². The second-order valence-corrected chi connectivity index (χ2v) is 8.68. The molecule has 5 aromatic rings. The fourth-order valence-electron chi connectivity index (χ4n) is 3.73. The van der Waals surface area contributed by atoms with Gasteiger partial charge in [-0.3, -0.25) is 0 Å². The summed E-state index contributed by atoms with van der Waals surface area (Å²) in [6.45, 7) is 0.181. The van der Waals surface area contributed by atoms with Crippen LogP contribution in [0.2, 0.25) is 0 Å². The van der Waals surface area contributed by atoms with Gasteiger partial charge in [-0.2, -0.15) is 42.5 Å². The van der Waals surface area contributed by atoms with Crippen LogP contribution < -0.4 is 0 Å². The second-order valence-electron chi connectivity index (χ2n) is 8.68. The molecule has 0 saturated heterocycles. The maximum atomic E-state index is 7.28. The van der Waals surface area contributed by atoms with E-state index in [-0.39, 0.29) is 36.6 Å². The van der Waals surface area contributed by atoms with Crippen LogP contribution in [0.3, 0.4) is 0 Å². The van der Waals surface area contributed by atoms with E-state index >= 15 is 0 Å². The van der Waals surface area contributed by atoms with E-state index in [9.17, 15) is 0 Å². The van der Waals surface area contributed by atoms with Gasteiger partial charge in [0.05, 0.1) is 0 Å². The van der Waals surface area contributed by atoms with E-state index in [2.05, 4.69) is 85.6 Å². The molecule has 0 aliphatic heterocycles. The summed E-state index contributed by atoms with van der Waals surface area (Å²) in [6, 6.07) is 42.1. The Morgan fingerprint density at radius 3 is 2.06 bits per heavy atom. The molecular weight excluding hydrogens is 615 g/mol. The SMILES string of the molecule is CC(C)(c1ccccc1)c1cc[c-]c(-c2[c-]cccc2)c1.[2H]C([2H])([2H])c1c[c-]c(-c2ccc(C([2H])([2H])[2H])cn2)cc1.[Ir+3]. The maximum Gasteiger partial charge on any atom is 3.00 e. The Balaban J connectivity index is 0.000000225. The Kier molecular flexibility index (Phi) is 6.93. The Morgan fingerprint density at radius 2 is 1.42 bits per heavy atom. The number of nitrogens with zero attached hydrogens (tertiary/aromatic N) is 1. The number of hydrogen-bond donors (Lipinski definition) is 0. The van der Waals surface area contributed by atoms with Crippen LogP contribution in [-0.4, -0.2) is 4.98 Å². The third-order valence-electron chi connectivity index (χ3n) is 5.87.